The van der Waals surface area contributed by atoms with Crippen LogP contribution in [-0.4, -0.2) is 17.1 Å². The number of allylic oxidation sites excluding steroid dienone is 1. The zero-order chi connectivity index (χ0) is 27.1. The van der Waals surface area contributed by atoms with Gasteiger partial charge in [0, 0.05) is 18.8 Å². The van der Waals surface area contributed by atoms with E-state index >= 15 is 0 Å². The molecular weight excluding hydrogens is 466 g/mol. The lowest BCUT2D eigenvalue weighted by Gasteiger charge is -2.58. The van der Waals surface area contributed by atoms with Crippen molar-refractivity contribution in [2.24, 2.45) is 52.3 Å². The Morgan fingerprint density at radius 2 is 1.89 bits per heavy atom. The van der Waals surface area contributed by atoms with Gasteiger partial charge in [-0.05, 0) is 116 Å². The van der Waals surface area contributed by atoms with Gasteiger partial charge in [-0.25, -0.2) is 4.79 Å². The number of fused-ring (bicyclic) bond motifs is 5. The van der Waals surface area contributed by atoms with E-state index < -0.39 is 0 Å². The number of ether oxygens (including phenoxy) is 1. The summed E-state index contributed by atoms with van der Waals surface area (Å²) in [5, 5.41) is 0. The lowest BCUT2D eigenvalue weighted by Crippen LogP contribution is -2.51. The summed E-state index contributed by atoms with van der Waals surface area (Å²) < 4.78 is 5.98. The molecule has 9 atom stereocenters. The van der Waals surface area contributed by atoms with Crippen molar-refractivity contribution in [3.8, 4) is 0 Å². The van der Waals surface area contributed by atoms with Gasteiger partial charge in [0.25, 0.3) is 0 Å². The summed E-state index contributed by atoms with van der Waals surface area (Å²) in [5.41, 5.74) is 2.96. The molecule has 0 amide bonds. The molecular formula is C35H53NO2. The Morgan fingerprint density at radius 1 is 1.08 bits per heavy atom. The number of nitrogens with zero attached hydrogens (tertiary/aromatic N) is 1. The minimum absolute atomic E-state index is 0.00179. The third-order valence-corrected chi connectivity index (χ3v) is 12.4. The molecule has 4 aliphatic rings. The van der Waals surface area contributed by atoms with Crippen molar-refractivity contribution in [2.45, 2.75) is 118 Å². The Morgan fingerprint density at radius 3 is 2.61 bits per heavy atom. The lowest BCUT2D eigenvalue weighted by molar-refractivity contribution is -0.0596. The zero-order valence-corrected chi connectivity index (χ0v) is 25.0. The fourth-order valence-electron chi connectivity index (χ4n) is 10.1. The second-order valence-electron chi connectivity index (χ2n) is 14.5. The monoisotopic (exact) mass is 519 g/mol. The SMILES string of the molecule is CC[C@H](CC[C@@H](C)[C@H]1CC[C@H]2[C@@H]3CC=C4C[C@@H](OC(=O)c5cccnc5)CC[C@]4(C)[C@H]3CC[C@]12C)C(C)C. The Labute approximate surface area is 232 Å². The number of hydrogen-bond acceptors (Lipinski definition) is 3. The van der Waals surface area contributed by atoms with Gasteiger partial charge in [0.2, 0.25) is 0 Å². The summed E-state index contributed by atoms with van der Waals surface area (Å²) in [4.78, 5) is 16.8. The van der Waals surface area contributed by atoms with E-state index in [4.69, 9.17) is 4.74 Å². The molecule has 3 heteroatoms. The number of pyridine rings is 1. The number of rotatable bonds is 8. The third-order valence-electron chi connectivity index (χ3n) is 12.4. The number of esters is 1. The van der Waals surface area contributed by atoms with Crippen LogP contribution in [0, 0.1) is 52.3 Å². The predicted molar refractivity (Wildman–Crippen MR) is 156 cm³/mol. The molecule has 4 aliphatic carbocycles. The van der Waals surface area contributed by atoms with Crippen LogP contribution in [0.3, 0.4) is 0 Å². The third kappa shape index (κ3) is 5.01. The molecule has 1 aromatic rings. The van der Waals surface area contributed by atoms with Crippen LogP contribution in [-0.2, 0) is 4.74 Å². The maximum Gasteiger partial charge on any atom is 0.339 e. The minimum atomic E-state index is -0.223. The van der Waals surface area contributed by atoms with E-state index in [2.05, 4.69) is 52.6 Å². The van der Waals surface area contributed by atoms with Crippen molar-refractivity contribution in [3.63, 3.8) is 0 Å². The minimum Gasteiger partial charge on any atom is -0.458 e. The normalized spacial score (nSPS) is 38.0. The van der Waals surface area contributed by atoms with E-state index in [-0.39, 0.29) is 17.5 Å². The summed E-state index contributed by atoms with van der Waals surface area (Å²) in [5.74, 6) is 5.76. The molecule has 3 fully saturated rings. The van der Waals surface area contributed by atoms with E-state index in [9.17, 15) is 4.79 Å². The number of hydrogen-bond donors (Lipinski definition) is 0. The fraction of sp³-hybridized carbons (Fsp3) is 0.771. The first-order chi connectivity index (χ1) is 18.2. The van der Waals surface area contributed by atoms with Crippen LogP contribution in [0.4, 0.5) is 0 Å². The Bertz CT molecular complexity index is 1000. The maximum atomic E-state index is 12.7. The molecule has 38 heavy (non-hydrogen) atoms. The fourth-order valence-corrected chi connectivity index (χ4v) is 10.1. The summed E-state index contributed by atoms with van der Waals surface area (Å²) in [7, 11) is 0. The predicted octanol–water partition coefficient (Wildman–Crippen LogP) is 9.28. The number of carbonyl (C=O) groups is 1. The highest BCUT2D eigenvalue weighted by atomic mass is 16.5. The molecule has 0 radical (unpaired) electrons. The Kier molecular flexibility index (Phi) is 8.14. The molecule has 0 aliphatic heterocycles. The van der Waals surface area contributed by atoms with Crippen LogP contribution in [0.15, 0.2) is 36.2 Å². The van der Waals surface area contributed by atoms with Crippen molar-refractivity contribution in [3.05, 3.63) is 41.7 Å². The highest BCUT2D eigenvalue weighted by Gasteiger charge is 2.59. The summed E-state index contributed by atoms with van der Waals surface area (Å²) in [6.07, 6.45) is 20.1. The van der Waals surface area contributed by atoms with Crippen LogP contribution in [0.1, 0.15) is 123 Å². The smallest absolute Gasteiger partial charge is 0.339 e. The largest absolute Gasteiger partial charge is 0.458 e. The van der Waals surface area contributed by atoms with Crippen molar-refractivity contribution >= 4 is 5.97 Å². The van der Waals surface area contributed by atoms with Gasteiger partial charge in [0.1, 0.15) is 6.10 Å². The second kappa shape index (κ2) is 11.1. The molecule has 0 spiro atoms. The van der Waals surface area contributed by atoms with Gasteiger partial charge >= 0.3 is 5.97 Å². The van der Waals surface area contributed by atoms with Crippen LogP contribution in [0.5, 0.6) is 0 Å². The van der Waals surface area contributed by atoms with Gasteiger partial charge < -0.3 is 4.74 Å². The quantitative estimate of drug-likeness (QED) is 0.254. The standard InChI is InChI=1S/C35H53NO2/c1-7-25(23(2)3)11-10-24(4)30-14-15-31-29-13-12-27-21-28(38-33(37)26-9-8-20-36-22-26)16-18-34(27,5)32(29)17-19-35(30,31)6/h8-9,12,20,22-25,28-32H,7,10-11,13-19,21H2,1-6H3/t24-,25-,28+,29+,30-,31+,32+,34+,35-/m1/s1. The first-order valence-electron chi connectivity index (χ1n) is 16.0. The molecule has 210 valence electrons. The average molecular weight is 520 g/mol. The van der Waals surface area contributed by atoms with Gasteiger partial charge in [0.05, 0.1) is 5.56 Å². The van der Waals surface area contributed by atoms with Crippen molar-refractivity contribution < 1.29 is 9.53 Å². The van der Waals surface area contributed by atoms with Crippen LogP contribution >= 0.6 is 0 Å². The second-order valence-corrected chi connectivity index (χ2v) is 14.5. The van der Waals surface area contributed by atoms with Gasteiger partial charge in [-0.3, -0.25) is 4.98 Å². The first-order valence-corrected chi connectivity index (χ1v) is 16.0. The van der Waals surface area contributed by atoms with Gasteiger partial charge in [-0.2, -0.15) is 0 Å². The average Bonchev–Trinajstić information content (AvgIpc) is 3.26. The van der Waals surface area contributed by atoms with Gasteiger partial charge in [-0.1, -0.05) is 66.0 Å². The number of carbonyl (C=O) groups excluding carboxylic acids is 1. The van der Waals surface area contributed by atoms with E-state index in [1.165, 1.54) is 51.4 Å². The molecule has 0 N–H and O–H groups in total. The molecule has 0 bridgehead atoms. The first kappa shape index (κ1) is 27.9. The molecule has 1 aromatic heterocycles. The van der Waals surface area contributed by atoms with E-state index in [1.807, 2.05) is 0 Å². The Balaban J connectivity index is 1.25. The molecule has 0 unspecified atom stereocenters. The van der Waals surface area contributed by atoms with Gasteiger partial charge in [-0.15, -0.1) is 0 Å². The molecule has 1 heterocycles. The molecule has 0 saturated heterocycles. The summed E-state index contributed by atoms with van der Waals surface area (Å²) in [6, 6.07) is 3.60. The van der Waals surface area contributed by atoms with Crippen molar-refractivity contribution in [1.82, 2.24) is 4.98 Å². The van der Waals surface area contributed by atoms with E-state index in [0.717, 1.165) is 60.7 Å². The Hall–Kier alpha value is -1.64. The van der Waals surface area contributed by atoms with Crippen LogP contribution < -0.4 is 0 Å². The lowest BCUT2D eigenvalue weighted by atomic mass is 9.47. The molecule has 3 saturated carbocycles. The van der Waals surface area contributed by atoms with Gasteiger partial charge in [0.15, 0.2) is 0 Å². The van der Waals surface area contributed by atoms with Crippen LogP contribution in [0.2, 0.25) is 0 Å². The van der Waals surface area contributed by atoms with Crippen molar-refractivity contribution in [2.75, 3.05) is 0 Å². The highest BCUT2D eigenvalue weighted by Crippen LogP contribution is 2.67. The summed E-state index contributed by atoms with van der Waals surface area (Å²) >= 11 is 0. The maximum absolute atomic E-state index is 12.7. The summed E-state index contributed by atoms with van der Waals surface area (Å²) in [6.45, 7) is 15.0. The number of aromatic nitrogens is 1. The topological polar surface area (TPSA) is 39.2 Å². The van der Waals surface area contributed by atoms with E-state index in [0.29, 0.717) is 11.0 Å². The molecule has 0 aromatic carbocycles. The molecule has 5 rings (SSSR count). The zero-order valence-electron chi connectivity index (χ0n) is 25.0. The van der Waals surface area contributed by atoms with Crippen LogP contribution in [0.25, 0.3) is 0 Å². The highest BCUT2D eigenvalue weighted by molar-refractivity contribution is 5.89. The van der Waals surface area contributed by atoms with E-state index in [1.54, 1.807) is 30.1 Å². The molecule has 3 nitrogen and oxygen atoms in total. The van der Waals surface area contributed by atoms with Crippen molar-refractivity contribution in [1.29, 1.82) is 0 Å².